The van der Waals surface area contributed by atoms with Gasteiger partial charge >= 0.3 is 0 Å². The lowest BCUT2D eigenvalue weighted by atomic mass is 9.97. The SMILES string of the molecule is CN1CCCCC1CC1CNC(=O)CO1. The van der Waals surface area contributed by atoms with Gasteiger partial charge < -0.3 is 15.0 Å². The molecule has 2 aliphatic rings. The predicted octanol–water partition coefficient (Wildman–Crippen LogP) is 0.376. The first-order chi connectivity index (χ1) is 7.25. The van der Waals surface area contributed by atoms with E-state index in [1.807, 2.05) is 0 Å². The Morgan fingerprint density at radius 1 is 1.53 bits per heavy atom. The lowest BCUT2D eigenvalue weighted by molar-refractivity contribution is -0.134. The molecular formula is C11H20N2O2. The van der Waals surface area contributed by atoms with Crippen molar-refractivity contribution in [2.45, 2.75) is 37.8 Å². The molecule has 0 radical (unpaired) electrons. The fourth-order valence-corrected chi connectivity index (χ4v) is 2.43. The second-order valence-electron chi connectivity index (χ2n) is 4.60. The Morgan fingerprint density at radius 2 is 2.40 bits per heavy atom. The van der Waals surface area contributed by atoms with E-state index < -0.39 is 0 Å². The summed E-state index contributed by atoms with van der Waals surface area (Å²) in [6, 6.07) is 0.638. The molecule has 86 valence electrons. The van der Waals surface area contributed by atoms with Gasteiger partial charge in [0, 0.05) is 12.6 Å². The van der Waals surface area contributed by atoms with Gasteiger partial charge in [-0.05, 0) is 32.9 Å². The number of amides is 1. The Hall–Kier alpha value is -0.610. The van der Waals surface area contributed by atoms with E-state index in [0.29, 0.717) is 12.6 Å². The molecule has 0 aromatic heterocycles. The highest BCUT2D eigenvalue weighted by Gasteiger charge is 2.25. The number of hydrogen-bond donors (Lipinski definition) is 1. The van der Waals surface area contributed by atoms with Crippen molar-refractivity contribution in [2.24, 2.45) is 0 Å². The van der Waals surface area contributed by atoms with Crippen molar-refractivity contribution in [1.82, 2.24) is 10.2 Å². The molecule has 0 bridgehead atoms. The van der Waals surface area contributed by atoms with E-state index >= 15 is 0 Å². The van der Waals surface area contributed by atoms with Crippen LogP contribution in [0.3, 0.4) is 0 Å². The van der Waals surface area contributed by atoms with Gasteiger partial charge in [-0.15, -0.1) is 0 Å². The van der Waals surface area contributed by atoms with Gasteiger partial charge in [-0.1, -0.05) is 6.42 Å². The number of carbonyl (C=O) groups is 1. The van der Waals surface area contributed by atoms with Crippen LogP contribution in [0.15, 0.2) is 0 Å². The first kappa shape index (κ1) is 10.9. The quantitative estimate of drug-likeness (QED) is 0.719. The Labute approximate surface area is 91.0 Å². The molecule has 2 unspecified atom stereocenters. The van der Waals surface area contributed by atoms with Crippen LogP contribution in [0.5, 0.6) is 0 Å². The fourth-order valence-electron chi connectivity index (χ4n) is 2.43. The summed E-state index contributed by atoms with van der Waals surface area (Å²) in [6.45, 7) is 2.12. The fraction of sp³-hybridized carbons (Fsp3) is 0.909. The summed E-state index contributed by atoms with van der Waals surface area (Å²) in [5, 5.41) is 2.85. The molecule has 2 heterocycles. The summed E-state index contributed by atoms with van der Waals surface area (Å²) in [5.41, 5.74) is 0. The zero-order valence-corrected chi connectivity index (χ0v) is 9.37. The molecule has 2 rings (SSSR count). The first-order valence-corrected chi connectivity index (χ1v) is 5.84. The molecule has 2 aliphatic heterocycles. The van der Waals surface area contributed by atoms with Gasteiger partial charge in [0.1, 0.15) is 6.61 Å². The van der Waals surface area contributed by atoms with Gasteiger partial charge in [-0.3, -0.25) is 4.79 Å². The van der Waals surface area contributed by atoms with E-state index in [0.717, 1.165) is 6.42 Å². The highest BCUT2D eigenvalue weighted by Crippen LogP contribution is 2.20. The average molecular weight is 212 g/mol. The van der Waals surface area contributed by atoms with Gasteiger partial charge in [0.2, 0.25) is 5.91 Å². The molecule has 0 aliphatic carbocycles. The Morgan fingerprint density at radius 3 is 3.07 bits per heavy atom. The number of nitrogens with one attached hydrogen (secondary N) is 1. The van der Waals surface area contributed by atoms with Crippen LogP contribution in [0.4, 0.5) is 0 Å². The van der Waals surface area contributed by atoms with E-state index in [-0.39, 0.29) is 18.6 Å². The molecule has 1 amide bonds. The average Bonchev–Trinajstić information content (AvgIpc) is 2.25. The number of likely N-dealkylation sites (tertiary alicyclic amines) is 1. The maximum absolute atomic E-state index is 10.9. The summed E-state index contributed by atoms with van der Waals surface area (Å²) in [6.07, 6.45) is 5.18. The van der Waals surface area contributed by atoms with Gasteiger partial charge in [-0.25, -0.2) is 0 Å². The summed E-state index contributed by atoms with van der Waals surface area (Å²) in [7, 11) is 2.19. The number of ether oxygens (including phenoxy) is 1. The van der Waals surface area contributed by atoms with E-state index in [1.54, 1.807) is 0 Å². The lowest BCUT2D eigenvalue weighted by Crippen LogP contribution is -2.47. The topological polar surface area (TPSA) is 41.6 Å². The first-order valence-electron chi connectivity index (χ1n) is 5.84. The Kier molecular flexibility index (Phi) is 3.59. The van der Waals surface area contributed by atoms with Crippen molar-refractivity contribution in [3.05, 3.63) is 0 Å². The van der Waals surface area contributed by atoms with Crippen molar-refractivity contribution in [2.75, 3.05) is 26.7 Å². The highest BCUT2D eigenvalue weighted by molar-refractivity contribution is 5.77. The van der Waals surface area contributed by atoms with Crippen molar-refractivity contribution >= 4 is 5.91 Å². The minimum absolute atomic E-state index is 0.0169. The minimum Gasteiger partial charge on any atom is -0.367 e. The van der Waals surface area contributed by atoms with E-state index in [9.17, 15) is 4.79 Å². The van der Waals surface area contributed by atoms with Gasteiger partial charge in [0.15, 0.2) is 0 Å². The summed E-state index contributed by atoms with van der Waals surface area (Å²) >= 11 is 0. The van der Waals surface area contributed by atoms with Gasteiger partial charge in [0.25, 0.3) is 0 Å². The van der Waals surface area contributed by atoms with Gasteiger partial charge in [-0.2, -0.15) is 0 Å². The molecule has 0 aromatic carbocycles. The maximum Gasteiger partial charge on any atom is 0.246 e. The monoisotopic (exact) mass is 212 g/mol. The molecule has 2 atom stereocenters. The molecular weight excluding hydrogens is 192 g/mol. The van der Waals surface area contributed by atoms with Crippen molar-refractivity contribution in [3.63, 3.8) is 0 Å². The molecule has 2 fully saturated rings. The third-order valence-electron chi connectivity index (χ3n) is 3.43. The number of nitrogens with zero attached hydrogens (tertiary/aromatic N) is 1. The Bertz CT molecular complexity index is 223. The normalized spacial score (nSPS) is 33.8. The summed E-state index contributed by atoms with van der Waals surface area (Å²) in [5.74, 6) is 0.0169. The molecule has 0 spiro atoms. The molecule has 0 saturated carbocycles. The molecule has 15 heavy (non-hydrogen) atoms. The van der Waals surface area contributed by atoms with Crippen LogP contribution in [0, 0.1) is 0 Å². The maximum atomic E-state index is 10.9. The largest absolute Gasteiger partial charge is 0.367 e. The third-order valence-corrected chi connectivity index (χ3v) is 3.43. The molecule has 1 N–H and O–H groups in total. The van der Waals surface area contributed by atoms with Crippen LogP contribution < -0.4 is 5.32 Å². The van der Waals surface area contributed by atoms with E-state index in [4.69, 9.17) is 4.74 Å². The summed E-state index contributed by atoms with van der Waals surface area (Å²) < 4.78 is 5.50. The van der Waals surface area contributed by atoms with Crippen LogP contribution >= 0.6 is 0 Å². The van der Waals surface area contributed by atoms with E-state index in [1.165, 1.54) is 25.8 Å². The number of morpholine rings is 1. The third kappa shape index (κ3) is 2.92. The molecule has 4 nitrogen and oxygen atoms in total. The second kappa shape index (κ2) is 4.94. The molecule has 2 saturated heterocycles. The highest BCUT2D eigenvalue weighted by atomic mass is 16.5. The van der Waals surface area contributed by atoms with Gasteiger partial charge in [0.05, 0.1) is 6.10 Å². The van der Waals surface area contributed by atoms with Crippen molar-refractivity contribution in [3.8, 4) is 0 Å². The van der Waals surface area contributed by atoms with Crippen LogP contribution in [0.1, 0.15) is 25.7 Å². The van der Waals surface area contributed by atoms with Crippen LogP contribution in [-0.4, -0.2) is 49.7 Å². The zero-order chi connectivity index (χ0) is 10.7. The number of rotatable bonds is 2. The predicted molar refractivity (Wildman–Crippen MR) is 57.6 cm³/mol. The van der Waals surface area contributed by atoms with Crippen LogP contribution in [0.25, 0.3) is 0 Å². The standard InChI is InChI=1S/C11H20N2O2/c1-13-5-3-2-4-9(13)6-10-7-12-11(14)8-15-10/h9-10H,2-8H2,1H3,(H,12,14). The molecule has 4 heteroatoms. The van der Waals surface area contributed by atoms with Crippen molar-refractivity contribution < 1.29 is 9.53 Å². The number of piperidine rings is 1. The lowest BCUT2D eigenvalue weighted by Gasteiger charge is -2.35. The number of carbonyl (C=O) groups excluding carboxylic acids is 1. The van der Waals surface area contributed by atoms with Crippen LogP contribution in [-0.2, 0) is 9.53 Å². The van der Waals surface area contributed by atoms with Crippen LogP contribution in [0.2, 0.25) is 0 Å². The van der Waals surface area contributed by atoms with Crippen molar-refractivity contribution in [1.29, 1.82) is 0 Å². The summed E-state index contributed by atoms with van der Waals surface area (Å²) in [4.78, 5) is 13.3. The zero-order valence-electron chi connectivity index (χ0n) is 9.37. The minimum atomic E-state index is 0.0169. The molecule has 0 aromatic rings. The Balaban J connectivity index is 1.78. The second-order valence-corrected chi connectivity index (χ2v) is 4.60. The number of hydrogen-bond acceptors (Lipinski definition) is 3. The smallest absolute Gasteiger partial charge is 0.246 e. The van der Waals surface area contributed by atoms with E-state index in [2.05, 4.69) is 17.3 Å².